The minimum atomic E-state index is -0.849. The van der Waals surface area contributed by atoms with Crippen LogP contribution in [0.5, 0.6) is 11.5 Å². The third-order valence-electron chi connectivity index (χ3n) is 3.83. The Bertz CT molecular complexity index is 938. The van der Waals surface area contributed by atoms with Gasteiger partial charge in [0.2, 0.25) is 0 Å². The smallest absolute Gasteiger partial charge is 0.343 e. The fourth-order valence-corrected chi connectivity index (χ4v) is 2.50. The summed E-state index contributed by atoms with van der Waals surface area (Å²) in [6.07, 6.45) is 0.970. The van der Waals surface area contributed by atoms with E-state index in [1.807, 2.05) is 0 Å². The second-order valence-electron chi connectivity index (χ2n) is 5.96. The Balaban J connectivity index is 2.12. The molecular weight excluding hydrogens is 398 g/mol. The minimum Gasteiger partial charge on any atom is -0.465 e. The molecule has 30 heavy (non-hydrogen) atoms. The van der Waals surface area contributed by atoms with Crippen LogP contribution in [0.25, 0.3) is 0 Å². The van der Waals surface area contributed by atoms with Gasteiger partial charge in [0.05, 0.1) is 19.3 Å². The summed E-state index contributed by atoms with van der Waals surface area (Å²) < 4.78 is 15.0. The number of aryl methyl sites for hydroxylation is 1. The molecule has 0 aliphatic heterocycles. The van der Waals surface area contributed by atoms with Gasteiger partial charge in [-0.2, -0.15) is 0 Å². The Morgan fingerprint density at radius 3 is 2.30 bits per heavy atom. The summed E-state index contributed by atoms with van der Waals surface area (Å²) in [4.78, 5) is 50.1. The molecule has 0 unspecified atom stereocenters. The number of benzene rings is 2. The monoisotopic (exact) mass is 417 g/mol. The van der Waals surface area contributed by atoms with Crippen LogP contribution in [0.3, 0.4) is 0 Å². The number of esters is 3. The number of para-hydroxylation sites is 1. The van der Waals surface area contributed by atoms with Crippen molar-refractivity contribution in [1.29, 1.82) is 0 Å². The molecule has 0 saturated heterocycles. The van der Waals surface area contributed by atoms with Crippen molar-refractivity contribution in [3.63, 3.8) is 0 Å². The predicted octanol–water partition coefficient (Wildman–Crippen LogP) is 2.76. The summed E-state index contributed by atoms with van der Waals surface area (Å²) in [5, 5.41) is 9.27. The number of ether oxygens (including phenoxy) is 3. The zero-order valence-electron chi connectivity index (χ0n) is 16.3. The first kappa shape index (κ1) is 22.3. The summed E-state index contributed by atoms with van der Waals surface area (Å²) in [5.41, 5.74) is 1.01. The molecule has 10 nitrogen and oxygen atoms in total. The molecule has 2 aromatic rings. The van der Waals surface area contributed by atoms with Gasteiger partial charge < -0.3 is 19.0 Å². The summed E-state index contributed by atoms with van der Waals surface area (Å²) in [5.74, 6) is -2.51. The molecule has 0 atom stereocenters. The van der Waals surface area contributed by atoms with Crippen LogP contribution in [0.1, 0.15) is 39.6 Å². The number of carbonyl (C=O) groups is 3. The maximum atomic E-state index is 12.5. The summed E-state index contributed by atoms with van der Waals surface area (Å²) in [6.45, 7) is 1.13. The maximum Gasteiger partial charge on any atom is 0.343 e. The topological polar surface area (TPSA) is 131 Å². The second-order valence-corrected chi connectivity index (χ2v) is 5.96. The molecule has 0 fully saturated rings. The number of hydrogen-bond acceptors (Lipinski definition) is 9. The molecule has 0 N–H and O–H groups in total. The van der Waals surface area contributed by atoms with Crippen molar-refractivity contribution in [1.82, 2.24) is 0 Å². The van der Waals surface area contributed by atoms with Crippen LogP contribution in [-0.2, 0) is 20.8 Å². The highest BCUT2D eigenvalue weighted by molar-refractivity contribution is 5.96. The van der Waals surface area contributed by atoms with Gasteiger partial charge in [-0.1, -0.05) is 18.2 Å². The highest BCUT2D eigenvalue weighted by Gasteiger charge is 2.22. The van der Waals surface area contributed by atoms with Gasteiger partial charge in [0.1, 0.15) is 5.56 Å². The number of carbonyl (C=O) groups excluding carboxylic acids is 3. The van der Waals surface area contributed by atoms with Gasteiger partial charge in [-0.05, 0) is 42.7 Å². The van der Waals surface area contributed by atoms with Crippen LogP contribution in [-0.4, -0.2) is 36.7 Å². The van der Waals surface area contributed by atoms with E-state index in [0.717, 1.165) is 12.5 Å². The first-order valence-electron chi connectivity index (χ1n) is 8.80. The highest BCUT2D eigenvalue weighted by atomic mass is 16.9. The molecule has 2 rings (SSSR count). The van der Waals surface area contributed by atoms with E-state index in [0.29, 0.717) is 12.8 Å². The van der Waals surface area contributed by atoms with E-state index in [9.17, 15) is 24.5 Å². The summed E-state index contributed by atoms with van der Waals surface area (Å²) >= 11 is 0. The lowest BCUT2D eigenvalue weighted by atomic mass is 10.1. The van der Waals surface area contributed by atoms with Crippen molar-refractivity contribution in [3.05, 3.63) is 69.3 Å². The Morgan fingerprint density at radius 1 is 1.00 bits per heavy atom. The zero-order valence-corrected chi connectivity index (χ0v) is 16.3. The van der Waals surface area contributed by atoms with Crippen molar-refractivity contribution in [2.24, 2.45) is 0 Å². The lowest BCUT2D eigenvalue weighted by Crippen LogP contribution is -2.14. The molecule has 0 aromatic heterocycles. The molecule has 0 bridgehead atoms. The van der Waals surface area contributed by atoms with Crippen molar-refractivity contribution in [2.45, 2.75) is 19.8 Å². The molecule has 10 heteroatoms. The van der Waals surface area contributed by atoms with Crippen LogP contribution in [0.4, 0.5) is 0 Å². The largest absolute Gasteiger partial charge is 0.465 e. The predicted molar refractivity (Wildman–Crippen MR) is 102 cm³/mol. The van der Waals surface area contributed by atoms with Gasteiger partial charge >= 0.3 is 17.9 Å². The molecule has 0 amide bonds. The molecule has 0 heterocycles. The number of methoxy groups -OCH3 is 1. The van der Waals surface area contributed by atoms with Gasteiger partial charge in [-0.25, -0.2) is 9.59 Å². The van der Waals surface area contributed by atoms with Crippen molar-refractivity contribution >= 4 is 17.9 Å². The second kappa shape index (κ2) is 10.6. The first-order chi connectivity index (χ1) is 14.3. The van der Waals surface area contributed by atoms with E-state index in [2.05, 4.69) is 9.57 Å². The van der Waals surface area contributed by atoms with E-state index in [4.69, 9.17) is 9.47 Å². The minimum absolute atomic E-state index is 0.0216. The molecule has 158 valence electrons. The standard InChI is InChI=1S/C20H19NO9/c1-13(22)29-18-16(20(24)27-2)6-3-7-17(18)30-19(23)15-10-8-14(9-11-15)5-4-12-28-21(25)26/h3,6-11H,4-5,12H2,1-2H3. The fraction of sp³-hybridized carbons (Fsp3) is 0.250. The Hall–Kier alpha value is -3.95. The number of hydrogen-bond donors (Lipinski definition) is 0. The lowest BCUT2D eigenvalue weighted by molar-refractivity contribution is -0.757. The van der Waals surface area contributed by atoms with E-state index < -0.39 is 23.0 Å². The van der Waals surface area contributed by atoms with Gasteiger partial charge in [0, 0.05) is 6.92 Å². The Labute approximate surface area is 171 Å². The van der Waals surface area contributed by atoms with Crippen LogP contribution in [0, 0.1) is 10.1 Å². The quantitative estimate of drug-likeness (QED) is 0.199. The molecule has 0 radical (unpaired) electrons. The van der Waals surface area contributed by atoms with E-state index in [1.54, 1.807) is 12.1 Å². The Kier molecular flexibility index (Phi) is 7.86. The van der Waals surface area contributed by atoms with Crippen LogP contribution < -0.4 is 9.47 Å². The van der Waals surface area contributed by atoms with Crippen molar-refractivity contribution in [3.8, 4) is 11.5 Å². The molecule has 0 spiro atoms. The third kappa shape index (κ3) is 6.30. The maximum absolute atomic E-state index is 12.5. The molecule has 0 saturated carbocycles. The molecule has 0 aliphatic rings. The van der Waals surface area contributed by atoms with Crippen molar-refractivity contribution in [2.75, 3.05) is 13.7 Å². The van der Waals surface area contributed by atoms with Gasteiger partial charge in [0.25, 0.3) is 5.09 Å². The first-order valence-corrected chi connectivity index (χ1v) is 8.80. The zero-order chi connectivity index (χ0) is 22.1. The van der Waals surface area contributed by atoms with Gasteiger partial charge in [0.15, 0.2) is 11.5 Å². The summed E-state index contributed by atoms with van der Waals surface area (Å²) in [6, 6.07) is 10.6. The van der Waals surface area contributed by atoms with Gasteiger partial charge in [-0.15, -0.1) is 10.1 Å². The van der Waals surface area contributed by atoms with Crippen LogP contribution in [0.15, 0.2) is 42.5 Å². The summed E-state index contributed by atoms with van der Waals surface area (Å²) in [7, 11) is 1.17. The highest BCUT2D eigenvalue weighted by Crippen LogP contribution is 2.32. The van der Waals surface area contributed by atoms with Gasteiger partial charge in [-0.3, -0.25) is 4.79 Å². The van der Waals surface area contributed by atoms with E-state index >= 15 is 0 Å². The normalized spacial score (nSPS) is 10.1. The SMILES string of the molecule is COC(=O)c1cccc(OC(=O)c2ccc(CCCO[N+](=O)[O-])cc2)c1OC(C)=O. The third-order valence-corrected chi connectivity index (χ3v) is 3.83. The van der Waals surface area contributed by atoms with Crippen LogP contribution >= 0.6 is 0 Å². The average Bonchev–Trinajstić information content (AvgIpc) is 2.71. The van der Waals surface area contributed by atoms with Crippen molar-refractivity contribution < 1.29 is 38.5 Å². The Morgan fingerprint density at radius 2 is 1.70 bits per heavy atom. The van der Waals surface area contributed by atoms with Crippen LogP contribution in [0.2, 0.25) is 0 Å². The lowest BCUT2D eigenvalue weighted by Gasteiger charge is -2.13. The fourth-order valence-electron chi connectivity index (χ4n) is 2.50. The van der Waals surface area contributed by atoms with E-state index in [1.165, 1.54) is 37.4 Å². The number of nitrogens with zero attached hydrogens (tertiary/aromatic N) is 1. The average molecular weight is 417 g/mol. The van der Waals surface area contributed by atoms with E-state index in [-0.39, 0.29) is 29.2 Å². The number of rotatable bonds is 9. The molecule has 0 aliphatic carbocycles. The molecule has 2 aromatic carbocycles. The molecular formula is C20H19NO9.